The maximum absolute atomic E-state index is 11.9. The van der Waals surface area contributed by atoms with Gasteiger partial charge in [0.15, 0.2) is 0 Å². The summed E-state index contributed by atoms with van der Waals surface area (Å²) in [4.78, 5) is 11.9. The Morgan fingerprint density at radius 1 is 1.10 bits per heavy atom. The molecule has 0 saturated heterocycles. The smallest absolute Gasteiger partial charge is 0.303 e. The van der Waals surface area contributed by atoms with Gasteiger partial charge in [-0.25, -0.2) is 5.84 Å². The van der Waals surface area contributed by atoms with Crippen molar-refractivity contribution in [1.82, 2.24) is 5.43 Å². The molecule has 0 fully saturated rings. The van der Waals surface area contributed by atoms with Crippen LogP contribution in [-0.4, -0.2) is 5.91 Å². The molecule has 0 unspecified atom stereocenters. The van der Waals surface area contributed by atoms with E-state index in [0.29, 0.717) is 11.3 Å². The third-order valence-corrected chi connectivity index (χ3v) is 3.25. The lowest BCUT2D eigenvalue weighted by molar-refractivity contribution is 0.0929. The highest BCUT2D eigenvalue weighted by Crippen LogP contribution is 2.33. The Morgan fingerprint density at radius 2 is 1.81 bits per heavy atom. The van der Waals surface area contributed by atoms with Gasteiger partial charge in [0.2, 0.25) is 5.76 Å². The molecular formula is C16H15N3O2. The number of nitrogen functional groups attached to an aromatic ring is 1. The molecule has 5 nitrogen and oxygen atoms in total. The first-order valence-electron chi connectivity index (χ1n) is 6.55. The van der Waals surface area contributed by atoms with Gasteiger partial charge in [0, 0.05) is 11.1 Å². The number of hydrogen-bond acceptors (Lipinski definition) is 4. The van der Waals surface area contributed by atoms with E-state index in [1.165, 1.54) is 0 Å². The van der Waals surface area contributed by atoms with Crippen LogP contribution in [0.2, 0.25) is 0 Å². The van der Waals surface area contributed by atoms with Crippen LogP contribution in [0, 0.1) is 6.92 Å². The van der Waals surface area contributed by atoms with Crippen LogP contribution in [0.5, 0.6) is 0 Å². The number of anilines is 2. The molecule has 2 aromatic carbocycles. The van der Waals surface area contributed by atoms with Crippen molar-refractivity contribution >= 4 is 28.3 Å². The summed E-state index contributed by atoms with van der Waals surface area (Å²) in [5.74, 6) is 4.92. The van der Waals surface area contributed by atoms with Crippen molar-refractivity contribution in [2.75, 3.05) is 5.32 Å². The highest BCUT2D eigenvalue weighted by atomic mass is 16.3. The molecule has 3 rings (SSSR count). The molecule has 1 amide bonds. The zero-order valence-corrected chi connectivity index (χ0v) is 11.5. The van der Waals surface area contributed by atoms with Gasteiger partial charge in [-0.15, -0.1) is 0 Å². The van der Waals surface area contributed by atoms with E-state index in [9.17, 15) is 4.79 Å². The van der Waals surface area contributed by atoms with Gasteiger partial charge in [-0.05, 0) is 31.2 Å². The van der Waals surface area contributed by atoms with Crippen LogP contribution in [-0.2, 0) is 0 Å². The van der Waals surface area contributed by atoms with Crippen molar-refractivity contribution < 1.29 is 9.21 Å². The highest BCUT2D eigenvalue weighted by Gasteiger charge is 2.19. The third kappa shape index (κ3) is 2.46. The van der Waals surface area contributed by atoms with Crippen molar-refractivity contribution in [3.63, 3.8) is 0 Å². The summed E-state index contributed by atoms with van der Waals surface area (Å²) in [5, 5.41) is 4.06. The van der Waals surface area contributed by atoms with Crippen LogP contribution in [0.3, 0.4) is 0 Å². The number of rotatable bonds is 3. The first kappa shape index (κ1) is 13.2. The second kappa shape index (κ2) is 5.30. The van der Waals surface area contributed by atoms with E-state index >= 15 is 0 Å². The summed E-state index contributed by atoms with van der Waals surface area (Å²) >= 11 is 0. The molecule has 21 heavy (non-hydrogen) atoms. The van der Waals surface area contributed by atoms with Gasteiger partial charge in [-0.2, -0.15) is 0 Å². The summed E-state index contributed by atoms with van der Waals surface area (Å²) in [6, 6.07) is 15.3. The predicted molar refractivity (Wildman–Crippen MR) is 82.3 cm³/mol. The molecule has 3 aromatic rings. The molecule has 1 heterocycles. The maximum Gasteiger partial charge on any atom is 0.303 e. The molecule has 1 aromatic heterocycles. The molecule has 0 aliphatic rings. The molecule has 4 N–H and O–H groups in total. The van der Waals surface area contributed by atoms with Crippen LogP contribution in [0.25, 0.3) is 11.0 Å². The van der Waals surface area contributed by atoms with Gasteiger partial charge >= 0.3 is 5.91 Å². The zero-order chi connectivity index (χ0) is 14.8. The van der Waals surface area contributed by atoms with Gasteiger partial charge in [0.25, 0.3) is 0 Å². The second-order valence-corrected chi connectivity index (χ2v) is 4.77. The maximum atomic E-state index is 11.9. The minimum atomic E-state index is -0.471. The van der Waals surface area contributed by atoms with Gasteiger partial charge in [0.05, 0.1) is 5.69 Å². The van der Waals surface area contributed by atoms with E-state index in [-0.39, 0.29) is 5.76 Å². The Hall–Kier alpha value is -2.79. The van der Waals surface area contributed by atoms with Gasteiger partial charge in [0.1, 0.15) is 5.58 Å². The number of nitrogens with two attached hydrogens (primary N) is 1. The van der Waals surface area contributed by atoms with Crippen molar-refractivity contribution in [3.8, 4) is 0 Å². The lowest BCUT2D eigenvalue weighted by atomic mass is 10.2. The van der Waals surface area contributed by atoms with E-state index < -0.39 is 5.91 Å². The quantitative estimate of drug-likeness (QED) is 0.391. The molecule has 0 atom stereocenters. The normalized spacial score (nSPS) is 10.6. The zero-order valence-electron chi connectivity index (χ0n) is 11.5. The summed E-state index contributed by atoms with van der Waals surface area (Å²) < 4.78 is 5.59. The third-order valence-electron chi connectivity index (χ3n) is 3.25. The van der Waals surface area contributed by atoms with Crippen LogP contribution >= 0.6 is 0 Å². The molecule has 5 heteroatoms. The van der Waals surface area contributed by atoms with Crippen molar-refractivity contribution in [1.29, 1.82) is 0 Å². The number of hydrogen-bond donors (Lipinski definition) is 3. The average molecular weight is 281 g/mol. The average Bonchev–Trinajstić information content (AvgIpc) is 2.88. The molecule has 0 aliphatic heterocycles. The minimum absolute atomic E-state index is 0.166. The Balaban J connectivity index is 2.10. The van der Waals surface area contributed by atoms with E-state index in [1.807, 2.05) is 55.5 Å². The summed E-state index contributed by atoms with van der Waals surface area (Å²) in [5.41, 5.74) is 5.38. The number of carbonyl (C=O) groups excluding carboxylic acids is 1. The molecular weight excluding hydrogens is 266 g/mol. The van der Waals surface area contributed by atoms with E-state index in [0.717, 1.165) is 16.6 Å². The fourth-order valence-corrected chi connectivity index (χ4v) is 2.18. The fourth-order valence-electron chi connectivity index (χ4n) is 2.18. The van der Waals surface area contributed by atoms with E-state index in [4.69, 9.17) is 10.3 Å². The topological polar surface area (TPSA) is 80.3 Å². The number of furan rings is 1. The Labute approximate surface area is 121 Å². The fraction of sp³-hybridized carbons (Fsp3) is 0.0625. The molecule has 0 spiro atoms. The Morgan fingerprint density at radius 3 is 2.52 bits per heavy atom. The number of fused-ring (bicyclic) bond motifs is 1. The number of carbonyl (C=O) groups is 1. The molecule has 0 aliphatic carbocycles. The monoisotopic (exact) mass is 281 g/mol. The van der Waals surface area contributed by atoms with Gasteiger partial charge in [-0.3, -0.25) is 10.2 Å². The first-order valence-corrected chi connectivity index (χ1v) is 6.55. The molecule has 0 bridgehead atoms. The second-order valence-electron chi connectivity index (χ2n) is 4.77. The summed E-state index contributed by atoms with van der Waals surface area (Å²) in [6.45, 7) is 2.02. The van der Waals surface area contributed by atoms with Crippen LogP contribution < -0.4 is 16.6 Å². The van der Waals surface area contributed by atoms with E-state index in [2.05, 4.69) is 10.7 Å². The first-order chi connectivity index (χ1) is 10.2. The summed E-state index contributed by atoms with van der Waals surface area (Å²) in [6.07, 6.45) is 0. The van der Waals surface area contributed by atoms with Gasteiger partial charge < -0.3 is 9.73 Å². The number of hydrazine groups is 1. The van der Waals surface area contributed by atoms with E-state index in [1.54, 1.807) is 0 Å². The van der Waals surface area contributed by atoms with Gasteiger partial charge in [-0.1, -0.05) is 29.8 Å². The molecule has 0 radical (unpaired) electrons. The lowest BCUT2D eigenvalue weighted by Crippen LogP contribution is -2.30. The van der Waals surface area contributed by atoms with Crippen LogP contribution in [0.15, 0.2) is 52.9 Å². The SMILES string of the molecule is Cc1ccc(Nc2c(C(=O)NN)oc3ccccc23)cc1. The predicted octanol–water partition coefficient (Wildman–Crippen LogP) is 3.09. The summed E-state index contributed by atoms with van der Waals surface area (Å²) in [7, 11) is 0. The Bertz CT molecular complexity index is 791. The standard InChI is InChI=1S/C16H15N3O2/c1-10-6-8-11(9-7-10)18-14-12-4-2-3-5-13(12)21-15(14)16(20)19-17/h2-9,18H,17H2,1H3,(H,19,20). The Kier molecular flexibility index (Phi) is 3.33. The number of nitrogens with one attached hydrogen (secondary N) is 2. The van der Waals surface area contributed by atoms with Crippen molar-refractivity contribution in [3.05, 3.63) is 59.9 Å². The van der Waals surface area contributed by atoms with Crippen molar-refractivity contribution in [2.24, 2.45) is 5.84 Å². The highest BCUT2D eigenvalue weighted by molar-refractivity contribution is 6.07. The number of aryl methyl sites for hydroxylation is 1. The van der Waals surface area contributed by atoms with Crippen molar-refractivity contribution in [2.45, 2.75) is 6.92 Å². The molecule has 106 valence electrons. The number of para-hydroxylation sites is 1. The minimum Gasteiger partial charge on any atom is -0.449 e. The largest absolute Gasteiger partial charge is 0.449 e. The lowest BCUT2D eigenvalue weighted by Gasteiger charge is -2.07. The van der Waals surface area contributed by atoms with Crippen LogP contribution in [0.4, 0.5) is 11.4 Å². The number of amides is 1. The number of benzene rings is 2. The van der Waals surface area contributed by atoms with Crippen LogP contribution in [0.1, 0.15) is 16.1 Å². The molecule has 0 saturated carbocycles.